The summed E-state index contributed by atoms with van der Waals surface area (Å²) in [6.45, 7) is 5.71. The number of nitrogens with zero attached hydrogens (tertiary/aromatic N) is 3. The highest BCUT2D eigenvalue weighted by Crippen LogP contribution is 2.12. The minimum absolute atomic E-state index is 0.456. The van der Waals surface area contributed by atoms with Crippen LogP contribution in [-0.4, -0.2) is 14.8 Å². The molecule has 0 amide bonds. The van der Waals surface area contributed by atoms with Crippen molar-refractivity contribution >= 4 is 0 Å². The predicted molar refractivity (Wildman–Crippen MR) is 76.8 cm³/mol. The molecule has 1 aromatic carbocycles. The molecule has 0 aliphatic rings. The van der Waals surface area contributed by atoms with Gasteiger partial charge in [0.05, 0.1) is 6.54 Å². The molecule has 0 bridgehead atoms. The second kappa shape index (κ2) is 6.48. The van der Waals surface area contributed by atoms with Gasteiger partial charge in [0.15, 0.2) is 0 Å². The van der Waals surface area contributed by atoms with Crippen LogP contribution in [0, 0.1) is 6.92 Å². The summed E-state index contributed by atoms with van der Waals surface area (Å²) in [6.07, 6.45) is 2.99. The minimum atomic E-state index is 0.456. The Bertz CT molecular complexity index is 531. The van der Waals surface area contributed by atoms with Crippen molar-refractivity contribution in [1.29, 1.82) is 0 Å². The van der Waals surface area contributed by atoms with E-state index in [-0.39, 0.29) is 0 Å². The van der Waals surface area contributed by atoms with Gasteiger partial charge in [-0.05, 0) is 30.9 Å². The normalized spacial score (nSPS) is 10.9. The summed E-state index contributed by atoms with van der Waals surface area (Å²) in [7, 11) is 0. The monoisotopic (exact) mass is 258 g/mol. The Kier molecular flexibility index (Phi) is 4.68. The second-order valence-electron chi connectivity index (χ2n) is 4.81. The summed E-state index contributed by atoms with van der Waals surface area (Å²) in [5.74, 6) is 1.94. The SMILES string of the molecule is CCCn1c(CN)nnc1CCc1ccccc1C. The molecule has 1 aromatic heterocycles. The molecule has 1 heterocycles. The van der Waals surface area contributed by atoms with Gasteiger partial charge in [-0.1, -0.05) is 31.2 Å². The molecule has 19 heavy (non-hydrogen) atoms. The van der Waals surface area contributed by atoms with Crippen LogP contribution in [0.4, 0.5) is 0 Å². The first-order valence-corrected chi connectivity index (χ1v) is 6.91. The van der Waals surface area contributed by atoms with Crippen LogP contribution >= 0.6 is 0 Å². The van der Waals surface area contributed by atoms with Crippen LogP contribution in [0.25, 0.3) is 0 Å². The lowest BCUT2D eigenvalue weighted by Crippen LogP contribution is -2.11. The van der Waals surface area contributed by atoms with Gasteiger partial charge in [0.1, 0.15) is 11.6 Å². The third kappa shape index (κ3) is 3.20. The third-order valence-corrected chi connectivity index (χ3v) is 3.41. The van der Waals surface area contributed by atoms with Crippen LogP contribution < -0.4 is 5.73 Å². The van der Waals surface area contributed by atoms with Gasteiger partial charge in [-0.3, -0.25) is 0 Å². The van der Waals surface area contributed by atoms with Gasteiger partial charge in [0, 0.05) is 13.0 Å². The standard InChI is InChI=1S/C15H22N4/c1-3-10-19-14(17-18-15(19)11-16)9-8-13-7-5-4-6-12(13)2/h4-7H,3,8-11,16H2,1-2H3. The maximum absolute atomic E-state index is 5.70. The molecule has 0 radical (unpaired) electrons. The van der Waals surface area contributed by atoms with E-state index in [0.29, 0.717) is 6.54 Å². The lowest BCUT2D eigenvalue weighted by molar-refractivity contribution is 0.605. The highest BCUT2D eigenvalue weighted by Gasteiger charge is 2.10. The van der Waals surface area contributed by atoms with Gasteiger partial charge in [0.25, 0.3) is 0 Å². The largest absolute Gasteiger partial charge is 0.324 e. The summed E-state index contributed by atoms with van der Waals surface area (Å²) >= 11 is 0. The average Bonchev–Trinajstić information content (AvgIpc) is 2.81. The number of benzene rings is 1. The zero-order valence-corrected chi connectivity index (χ0v) is 11.8. The Labute approximate surface area is 114 Å². The van der Waals surface area contributed by atoms with Crippen molar-refractivity contribution in [3.05, 3.63) is 47.0 Å². The molecule has 0 saturated heterocycles. The summed E-state index contributed by atoms with van der Waals surface area (Å²) in [5.41, 5.74) is 8.42. The first kappa shape index (κ1) is 13.7. The number of aryl methyl sites for hydroxylation is 3. The maximum atomic E-state index is 5.70. The molecule has 0 atom stereocenters. The number of nitrogens with two attached hydrogens (primary N) is 1. The van der Waals surface area contributed by atoms with E-state index in [1.54, 1.807) is 0 Å². The Morgan fingerprint density at radius 1 is 1.11 bits per heavy atom. The lowest BCUT2D eigenvalue weighted by atomic mass is 10.0. The van der Waals surface area contributed by atoms with Crippen molar-refractivity contribution in [3.63, 3.8) is 0 Å². The molecule has 2 aromatic rings. The molecule has 0 fully saturated rings. The molecule has 4 nitrogen and oxygen atoms in total. The smallest absolute Gasteiger partial charge is 0.146 e. The van der Waals surface area contributed by atoms with Crippen molar-refractivity contribution in [1.82, 2.24) is 14.8 Å². The van der Waals surface area contributed by atoms with Crippen LogP contribution in [0.15, 0.2) is 24.3 Å². The van der Waals surface area contributed by atoms with E-state index in [1.165, 1.54) is 11.1 Å². The van der Waals surface area contributed by atoms with E-state index in [2.05, 4.69) is 52.9 Å². The van der Waals surface area contributed by atoms with E-state index in [9.17, 15) is 0 Å². The first-order chi connectivity index (χ1) is 9.26. The van der Waals surface area contributed by atoms with Gasteiger partial charge in [-0.15, -0.1) is 10.2 Å². The number of rotatable bonds is 6. The summed E-state index contributed by atoms with van der Waals surface area (Å²) in [5, 5.41) is 8.46. The zero-order chi connectivity index (χ0) is 13.7. The van der Waals surface area contributed by atoms with Crippen molar-refractivity contribution in [2.24, 2.45) is 5.73 Å². The van der Waals surface area contributed by atoms with Gasteiger partial charge >= 0.3 is 0 Å². The molecule has 102 valence electrons. The maximum Gasteiger partial charge on any atom is 0.146 e. The minimum Gasteiger partial charge on any atom is -0.324 e. The number of hydrogen-bond donors (Lipinski definition) is 1. The van der Waals surface area contributed by atoms with Crippen molar-refractivity contribution in [2.45, 2.75) is 46.2 Å². The van der Waals surface area contributed by atoms with Crippen LogP contribution in [0.2, 0.25) is 0 Å². The molecule has 4 heteroatoms. The molecule has 2 rings (SSSR count). The van der Waals surface area contributed by atoms with Crippen molar-refractivity contribution in [2.75, 3.05) is 0 Å². The molecule has 0 aliphatic heterocycles. The fourth-order valence-electron chi connectivity index (χ4n) is 2.33. The average molecular weight is 258 g/mol. The topological polar surface area (TPSA) is 56.7 Å². The zero-order valence-electron chi connectivity index (χ0n) is 11.8. The predicted octanol–water partition coefficient (Wildman–Crippen LogP) is 2.24. The highest BCUT2D eigenvalue weighted by atomic mass is 15.3. The summed E-state index contributed by atoms with van der Waals surface area (Å²) in [4.78, 5) is 0. The highest BCUT2D eigenvalue weighted by molar-refractivity contribution is 5.26. The molecular weight excluding hydrogens is 236 g/mol. The summed E-state index contributed by atoms with van der Waals surface area (Å²) < 4.78 is 2.16. The first-order valence-electron chi connectivity index (χ1n) is 6.91. The Hall–Kier alpha value is -1.68. The third-order valence-electron chi connectivity index (χ3n) is 3.41. The molecular formula is C15H22N4. The Morgan fingerprint density at radius 3 is 2.53 bits per heavy atom. The van der Waals surface area contributed by atoms with Crippen LogP contribution in [-0.2, 0) is 25.9 Å². The quantitative estimate of drug-likeness (QED) is 0.864. The van der Waals surface area contributed by atoms with Crippen LogP contribution in [0.3, 0.4) is 0 Å². The Morgan fingerprint density at radius 2 is 1.84 bits per heavy atom. The van der Waals surface area contributed by atoms with E-state index in [1.807, 2.05) is 0 Å². The number of aromatic nitrogens is 3. The van der Waals surface area contributed by atoms with Crippen molar-refractivity contribution < 1.29 is 0 Å². The van der Waals surface area contributed by atoms with E-state index >= 15 is 0 Å². The van der Waals surface area contributed by atoms with Gasteiger partial charge in [-0.2, -0.15) is 0 Å². The molecule has 0 unspecified atom stereocenters. The molecule has 0 saturated carbocycles. The van der Waals surface area contributed by atoms with Crippen LogP contribution in [0.1, 0.15) is 36.1 Å². The lowest BCUT2D eigenvalue weighted by Gasteiger charge is -2.09. The van der Waals surface area contributed by atoms with Crippen LogP contribution in [0.5, 0.6) is 0 Å². The molecule has 2 N–H and O–H groups in total. The van der Waals surface area contributed by atoms with E-state index < -0.39 is 0 Å². The van der Waals surface area contributed by atoms with E-state index in [4.69, 9.17) is 5.73 Å². The second-order valence-corrected chi connectivity index (χ2v) is 4.81. The van der Waals surface area contributed by atoms with E-state index in [0.717, 1.165) is 37.5 Å². The van der Waals surface area contributed by atoms with Gasteiger partial charge < -0.3 is 10.3 Å². The molecule has 0 spiro atoms. The fourth-order valence-corrected chi connectivity index (χ4v) is 2.33. The fraction of sp³-hybridized carbons (Fsp3) is 0.467. The summed E-state index contributed by atoms with van der Waals surface area (Å²) in [6, 6.07) is 8.49. The molecule has 0 aliphatic carbocycles. The Balaban J connectivity index is 2.11. The number of hydrogen-bond acceptors (Lipinski definition) is 3. The van der Waals surface area contributed by atoms with Crippen molar-refractivity contribution in [3.8, 4) is 0 Å². The van der Waals surface area contributed by atoms with Gasteiger partial charge in [0.2, 0.25) is 0 Å². The van der Waals surface area contributed by atoms with Gasteiger partial charge in [-0.25, -0.2) is 0 Å².